The van der Waals surface area contributed by atoms with Crippen molar-refractivity contribution < 1.29 is 0 Å². The molecule has 1 aromatic carbocycles. The van der Waals surface area contributed by atoms with Gasteiger partial charge in [0.15, 0.2) is 0 Å². The number of benzene rings is 1. The van der Waals surface area contributed by atoms with Gasteiger partial charge in [0.25, 0.3) is 0 Å². The van der Waals surface area contributed by atoms with Crippen LogP contribution < -0.4 is 5.73 Å². The lowest BCUT2D eigenvalue weighted by molar-refractivity contribution is 0.767. The summed E-state index contributed by atoms with van der Waals surface area (Å²) in [7, 11) is 0. The van der Waals surface area contributed by atoms with E-state index in [-0.39, 0.29) is 0 Å². The SMILES string of the molecule is CSc1cccc(-n2ccc(C(C)C)n2)c1C(N)=S. The van der Waals surface area contributed by atoms with Gasteiger partial charge >= 0.3 is 0 Å². The van der Waals surface area contributed by atoms with Gasteiger partial charge in [0, 0.05) is 16.7 Å². The minimum atomic E-state index is 0.401. The van der Waals surface area contributed by atoms with Crippen LogP contribution in [0.2, 0.25) is 0 Å². The highest BCUT2D eigenvalue weighted by molar-refractivity contribution is 7.98. The van der Waals surface area contributed by atoms with E-state index in [9.17, 15) is 0 Å². The standard InChI is InChI=1S/C14H17N3S2/c1-9(2)10-7-8-17(16-10)11-5-4-6-12(19-3)13(11)14(15)18/h4-9H,1-3H3,(H2,15,18). The molecule has 0 aliphatic carbocycles. The van der Waals surface area contributed by atoms with Crippen LogP contribution in [-0.4, -0.2) is 21.0 Å². The van der Waals surface area contributed by atoms with Crippen LogP contribution >= 0.6 is 24.0 Å². The Balaban J connectivity index is 2.57. The summed E-state index contributed by atoms with van der Waals surface area (Å²) in [5, 5.41) is 4.59. The second-order valence-electron chi connectivity index (χ2n) is 4.56. The van der Waals surface area contributed by atoms with Gasteiger partial charge in [-0.05, 0) is 30.4 Å². The van der Waals surface area contributed by atoms with E-state index in [4.69, 9.17) is 18.0 Å². The van der Waals surface area contributed by atoms with Crippen molar-refractivity contribution in [2.24, 2.45) is 5.73 Å². The molecule has 5 heteroatoms. The van der Waals surface area contributed by atoms with Gasteiger partial charge in [-0.3, -0.25) is 0 Å². The van der Waals surface area contributed by atoms with E-state index < -0.39 is 0 Å². The Morgan fingerprint density at radius 1 is 1.37 bits per heavy atom. The monoisotopic (exact) mass is 291 g/mol. The molecule has 3 nitrogen and oxygen atoms in total. The summed E-state index contributed by atoms with van der Waals surface area (Å²) in [6, 6.07) is 8.04. The first kappa shape index (κ1) is 14.1. The number of hydrogen-bond donors (Lipinski definition) is 1. The smallest absolute Gasteiger partial charge is 0.107 e. The molecule has 0 spiro atoms. The van der Waals surface area contributed by atoms with Crippen LogP contribution in [0.15, 0.2) is 35.4 Å². The van der Waals surface area contributed by atoms with Crippen LogP contribution in [0.4, 0.5) is 0 Å². The first-order valence-electron chi connectivity index (χ1n) is 6.07. The number of hydrogen-bond acceptors (Lipinski definition) is 3. The Bertz CT molecular complexity index is 602. The maximum Gasteiger partial charge on any atom is 0.107 e. The van der Waals surface area contributed by atoms with Crippen molar-refractivity contribution in [3.63, 3.8) is 0 Å². The maximum absolute atomic E-state index is 5.87. The van der Waals surface area contributed by atoms with Crippen LogP contribution in [0.3, 0.4) is 0 Å². The highest BCUT2D eigenvalue weighted by Gasteiger charge is 2.13. The molecule has 19 heavy (non-hydrogen) atoms. The molecule has 0 saturated heterocycles. The zero-order valence-electron chi connectivity index (χ0n) is 11.3. The van der Waals surface area contributed by atoms with Crippen molar-refractivity contribution in [1.82, 2.24) is 9.78 Å². The average molecular weight is 291 g/mol. The van der Waals surface area contributed by atoms with Gasteiger partial charge in [0.1, 0.15) is 4.99 Å². The summed E-state index contributed by atoms with van der Waals surface area (Å²) in [5.74, 6) is 0.401. The predicted molar refractivity (Wildman–Crippen MR) is 85.3 cm³/mol. The van der Waals surface area contributed by atoms with Crippen molar-refractivity contribution in [3.05, 3.63) is 41.7 Å². The van der Waals surface area contributed by atoms with Gasteiger partial charge in [0.05, 0.1) is 11.4 Å². The molecule has 0 radical (unpaired) electrons. The first-order chi connectivity index (χ1) is 9.04. The molecular formula is C14H17N3S2. The van der Waals surface area contributed by atoms with Gasteiger partial charge in [-0.1, -0.05) is 32.1 Å². The van der Waals surface area contributed by atoms with Gasteiger partial charge in [-0.15, -0.1) is 11.8 Å². The molecule has 0 unspecified atom stereocenters. The molecule has 0 fully saturated rings. The van der Waals surface area contributed by atoms with E-state index in [0.717, 1.165) is 21.8 Å². The molecule has 0 aliphatic rings. The Morgan fingerprint density at radius 2 is 2.11 bits per heavy atom. The fourth-order valence-corrected chi connectivity index (χ4v) is 2.82. The van der Waals surface area contributed by atoms with E-state index >= 15 is 0 Å². The number of nitrogens with zero attached hydrogens (tertiary/aromatic N) is 2. The quantitative estimate of drug-likeness (QED) is 0.693. The Labute approximate surface area is 123 Å². The number of nitrogens with two attached hydrogens (primary N) is 1. The fraction of sp³-hybridized carbons (Fsp3) is 0.286. The van der Waals surface area contributed by atoms with E-state index in [0.29, 0.717) is 10.9 Å². The van der Waals surface area contributed by atoms with E-state index in [1.165, 1.54) is 0 Å². The van der Waals surface area contributed by atoms with Crippen LogP contribution in [0, 0.1) is 0 Å². The van der Waals surface area contributed by atoms with Gasteiger partial charge in [-0.2, -0.15) is 5.10 Å². The molecule has 2 N–H and O–H groups in total. The average Bonchev–Trinajstić information content (AvgIpc) is 2.87. The minimum absolute atomic E-state index is 0.401. The lowest BCUT2D eigenvalue weighted by atomic mass is 10.1. The van der Waals surface area contributed by atoms with E-state index in [2.05, 4.69) is 18.9 Å². The molecule has 2 rings (SSSR count). The topological polar surface area (TPSA) is 43.8 Å². The first-order valence-corrected chi connectivity index (χ1v) is 7.70. The van der Waals surface area contributed by atoms with Crippen molar-refractivity contribution in [1.29, 1.82) is 0 Å². The van der Waals surface area contributed by atoms with Crippen molar-refractivity contribution in [2.75, 3.05) is 6.26 Å². The lowest BCUT2D eigenvalue weighted by Gasteiger charge is -2.12. The molecule has 0 amide bonds. The predicted octanol–water partition coefficient (Wildman–Crippen LogP) is 3.35. The number of aromatic nitrogens is 2. The molecule has 1 aromatic heterocycles. The molecule has 0 aliphatic heterocycles. The lowest BCUT2D eigenvalue weighted by Crippen LogP contribution is -2.15. The van der Waals surface area contributed by atoms with Crippen molar-refractivity contribution in [2.45, 2.75) is 24.7 Å². The summed E-state index contributed by atoms with van der Waals surface area (Å²) in [4.78, 5) is 1.48. The molecule has 0 bridgehead atoms. The minimum Gasteiger partial charge on any atom is -0.389 e. The third kappa shape index (κ3) is 2.82. The summed E-state index contributed by atoms with van der Waals surface area (Å²) >= 11 is 6.82. The van der Waals surface area contributed by atoms with Crippen LogP contribution in [0.1, 0.15) is 31.0 Å². The van der Waals surface area contributed by atoms with Crippen molar-refractivity contribution in [3.8, 4) is 5.69 Å². The molecule has 100 valence electrons. The maximum atomic E-state index is 5.87. The Morgan fingerprint density at radius 3 is 2.63 bits per heavy atom. The van der Waals surface area contributed by atoms with Crippen LogP contribution in [-0.2, 0) is 0 Å². The molecule has 0 atom stereocenters. The van der Waals surface area contributed by atoms with Gasteiger partial charge < -0.3 is 5.73 Å². The fourth-order valence-electron chi connectivity index (χ4n) is 1.91. The molecule has 1 heterocycles. The Kier molecular flexibility index (Phi) is 4.27. The summed E-state index contributed by atoms with van der Waals surface area (Å²) < 4.78 is 1.85. The van der Waals surface area contributed by atoms with E-state index in [1.807, 2.05) is 41.4 Å². The van der Waals surface area contributed by atoms with E-state index in [1.54, 1.807) is 11.8 Å². The third-order valence-corrected chi connectivity index (χ3v) is 3.90. The molecule has 2 aromatic rings. The number of rotatable bonds is 4. The second kappa shape index (κ2) is 5.75. The van der Waals surface area contributed by atoms with Gasteiger partial charge in [-0.25, -0.2) is 4.68 Å². The normalized spacial score (nSPS) is 10.9. The highest BCUT2D eigenvalue weighted by atomic mass is 32.2. The highest BCUT2D eigenvalue weighted by Crippen LogP contribution is 2.26. The van der Waals surface area contributed by atoms with Crippen LogP contribution in [0.25, 0.3) is 5.69 Å². The summed E-state index contributed by atoms with van der Waals surface area (Å²) in [6.07, 6.45) is 3.97. The van der Waals surface area contributed by atoms with Crippen LogP contribution in [0.5, 0.6) is 0 Å². The number of thioether (sulfide) groups is 1. The summed E-state index contributed by atoms with van der Waals surface area (Å²) in [6.45, 7) is 4.25. The zero-order chi connectivity index (χ0) is 14.0. The van der Waals surface area contributed by atoms with Crippen molar-refractivity contribution >= 4 is 29.0 Å². The largest absolute Gasteiger partial charge is 0.389 e. The zero-order valence-corrected chi connectivity index (χ0v) is 12.9. The third-order valence-electron chi connectivity index (χ3n) is 2.92. The molecular weight excluding hydrogens is 274 g/mol. The second-order valence-corrected chi connectivity index (χ2v) is 5.85. The summed E-state index contributed by atoms with van der Waals surface area (Å²) in [5.41, 5.74) is 8.76. The Hall–Kier alpha value is -1.33. The number of thiocarbonyl (C=S) groups is 1. The molecule has 0 saturated carbocycles. The van der Waals surface area contributed by atoms with Gasteiger partial charge in [0.2, 0.25) is 0 Å².